The zero-order valence-electron chi connectivity index (χ0n) is 6.93. The number of rotatable bonds is 3. The van der Waals surface area contributed by atoms with Crippen molar-refractivity contribution in [3.05, 3.63) is 11.5 Å². The maximum Gasteiger partial charge on any atom is 0.378 e. The lowest BCUT2D eigenvalue weighted by molar-refractivity contribution is -0.148. The molecule has 0 saturated carbocycles. The topological polar surface area (TPSA) is 96.2 Å². The minimum Gasteiger partial charge on any atom is -0.505 e. The van der Waals surface area contributed by atoms with E-state index in [1.54, 1.807) is 0 Å². The second-order valence-corrected chi connectivity index (χ2v) is 2.49. The number of cyclic esters (lactones) is 1. The summed E-state index contributed by atoms with van der Waals surface area (Å²) in [6.07, 6.45) is -2.57. The molecule has 0 saturated heterocycles. The van der Waals surface area contributed by atoms with Crippen LogP contribution in [0.15, 0.2) is 11.5 Å². The third-order valence-electron chi connectivity index (χ3n) is 1.66. The second kappa shape index (κ2) is 3.63. The van der Waals surface area contributed by atoms with Crippen LogP contribution in [0, 0.1) is 0 Å². The van der Waals surface area contributed by atoms with Crippen LogP contribution < -0.4 is 0 Å². The molecular formula is C7H10O6. The van der Waals surface area contributed by atoms with Gasteiger partial charge in [-0.2, -0.15) is 0 Å². The summed E-state index contributed by atoms with van der Waals surface area (Å²) in [5, 5.41) is 26.9. The maximum atomic E-state index is 10.9. The number of aliphatic hydroxyl groups excluding tert-OH is 3. The van der Waals surface area contributed by atoms with Crippen LogP contribution >= 0.6 is 0 Å². The molecule has 0 fully saturated rings. The van der Waals surface area contributed by atoms with E-state index in [1.165, 1.54) is 7.11 Å². The van der Waals surface area contributed by atoms with E-state index in [-0.39, 0.29) is 5.76 Å². The molecule has 1 heterocycles. The molecule has 0 aromatic carbocycles. The monoisotopic (exact) mass is 190 g/mol. The molecule has 0 bridgehead atoms. The Morgan fingerprint density at radius 3 is 2.69 bits per heavy atom. The molecule has 3 N–H and O–H groups in total. The molecule has 0 aromatic rings. The number of hydrogen-bond donors (Lipinski definition) is 3. The Kier molecular flexibility index (Phi) is 2.74. The molecule has 6 nitrogen and oxygen atoms in total. The molecule has 0 radical (unpaired) electrons. The van der Waals surface area contributed by atoms with Crippen LogP contribution in [0.1, 0.15) is 0 Å². The number of hydrogen-bond acceptors (Lipinski definition) is 6. The van der Waals surface area contributed by atoms with Gasteiger partial charge in [0.05, 0.1) is 13.7 Å². The Bertz CT molecular complexity index is 245. The van der Waals surface area contributed by atoms with Gasteiger partial charge in [0.15, 0.2) is 11.9 Å². The quantitative estimate of drug-likeness (QED) is 0.478. The zero-order valence-corrected chi connectivity index (χ0v) is 6.93. The van der Waals surface area contributed by atoms with Crippen molar-refractivity contribution in [3.63, 3.8) is 0 Å². The lowest BCUT2D eigenvalue weighted by Crippen LogP contribution is -2.31. The van der Waals surface area contributed by atoms with Gasteiger partial charge in [0.25, 0.3) is 0 Å². The third-order valence-corrected chi connectivity index (χ3v) is 1.66. The van der Waals surface area contributed by atoms with Crippen LogP contribution in [-0.4, -0.2) is 47.2 Å². The van der Waals surface area contributed by atoms with Gasteiger partial charge < -0.3 is 24.8 Å². The Morgan fingerprint density at radius 2 is 2.31 bits per heavy atom. The molecule has 0 aromatic heterocycles. The highest BCUT2D eigenvalue weighted by Crippen LogP contribution is 2.23. The highest BCUT2D eigenvalue weighted by molar-refractivity contribution is 5.89. The molecule has 0 unspecified atom stereocenters. The van der Waals surface area contributed by atoms with Crippen molar-refractivity contribution in [2.75, 3.05) is 13.7 Å². The summed E-state index contributed by atoms with van der Waals surface area (Å²) in [5.74, 6) is -1.68. The first-order valence-electron chi connectivity index (χ1n) is 3.58. The Hall–Kier alpha value is -1.27. The maximum absolute atomic E-state index is 10.9. The first-order chi connectivity index (χ1) is 6.11. The van der Waals surface area contributed by atoms with Crippen LogP contribution in [0.5, 0.6) is 0 Å². The highest BCUT2D eigenvalue weighted by atomic mass is 16.6. The minimum absolute atomic E-state index is 0.336. The van der Waals surface area contributed by atoms with E-state index >= 15 is 0 Å². The molecular weight excluding hydrogens is 180 g/mol. The first kappa shape index (κ1) is 9.82. The molecule has 0 amide bonds. The Balaban J connectivity index is 2.84. The molecule has 1 aliphatic heterocycles. The fraction of sp³-hybridized carbons (Fsp3) is 0.571. The third kappa shape index (κ3) is 1.58. The van der Waals surface area contributed by atoms with E-state index in [4.69, 9.17) is 10.2 Å². The highest BCUT2D eigenvalue weighted by Gasteiger charge is 2.39. The molecule has 0 spiro atoms. The van der Waals surface area contributed by atoms with Crippen molar-refractivity contribution in [2.24, 2.45) is 0 Å². The lowest BCUT2D eigenvalue weighted by atomic mass is 10.2. The molecule has 1 aliphatic rings. The van der Waals surface area contributed by atoms with E-state index in [9.17, 15) is 9.90 Å². The Morgan fingerprint density at radius 1 is 1.69 bits per heavy atom. The average Bonchev–Trinajstić information content (AvgIpc) is 2.40. The summed E-state index contributed by atoms with van der Waals surface area (Å²) in [6, 6.07) is 0. The van der Waals surface area contributed by atoms with Gasteiger partial charge in [-0.05, 0) is 0 Å². The van der Waals surface area contributed by atoms with Crippen molar-refractivity contribution >= 4 is 5.97 Å². The van der Waals surface area contributed by atoms with Gasteiger partial charge in [-0.1, -0.05) is 0 Å². The van der Waals surface area contributed by atoms with Crippen molar-refractivity contribution < 1.29 is 29.6 Å². The van der Waals surface area contributed by atoms with E-state index in [0.29, 0.717) is 0 Å². The zero-order chi connectivity index (χ0) is 10.0. The van der Waals surface area contributed by atoms with E-state index < -0.39 is 30.5 Å². The lowest BCUT2D eigenvalue weighted by Gasteiger charge is -2.13. The van der Waals surface area contributed by atoms with Gasteiger partial charge in [-0.3, -0.25) is 0 Å². The summed E-state index contributed by atoms with van der Waals surface area (Å²) in [5.41, 5.74) is 0. The molecule has 1 rings (SSSR count). The number of ether oxygens (including phenoxy) is 2. The van der Waals surface area contributed by atoms with Crippen LogP contribution in [0.25, 0.3) is 0 Å². The molecule has 2 atom stereocenters. The van der Waals surface area contributed by atoms with Gasteiger partial charge in [-0.15, -0.1) is 0 Å². The minimum atomic E-state index is -1.34. The standard InChI is InChI=1S/C7H10O6/c1-12-6-4(10)5(3(9)2-8)13-7(6)11/h3,5,8-10H,2H2,1H3/t3-,5+/m1/s1. The van der Waals surface area contributed by atoms with Gasteiger partial charge >= 0.3 is 5.97 Å². The van der Waals surface area contributed by atoms with E-state index in [2.05, 4.69) is 9.47 Å². The van der Waals surface area contributed by atoms with Crippen LogP contribution in [0.4, 0.5) is 0 Å². The number of methoxy groups -OCH3 is 1. The number of aliphatic hydroxyl groups is 3. The number of carbonyl (C=O) groups excluding carboxylic acids is 1. The van der Waals surface area contributed by atoms with Gasteiger partial charge in [0, 0.05) is 0 Å². The van der Waals surface area contributed by atoms with Crippen molar-refractivity contribution in [1.29, 1.82) is 0 Å². The first-order valence-corrected chi connectivity index (χ1v) is 3.58. The van der Waals surface area contributed by atoms with Crippen LogP contribution in [0.2, 0.25) is 0 Å². The van der Waals surface area contributed by atoms with Crippen LogP contribution in [0.3, 0.4) is 0 Å². The average molecular weight is 190 g/mol. The number of esters is 1. The summed E-state index contributed by atoms with van der Waals surface area (Å²) in [4.78, 5) is 10.9. The largest absolute Gasteiger partial charge is 0.505 e. The normalized spacial score (nSPS) is 24.5. The SMILES string of the molecule is COC1=C(O)[C@H]([C@H](O)CO)OC1=O. The molecule has 0 aliphatic carbocycles. The van der Waals surface area contributed by atoms with E-state index in [1.807, 2.05) is 0 Å². The van der Waals surface area contributed by atoms with Gasteiger partial charge in [0.2, 0.25) is 5.76 Å². The summed E-state index contributed by atoms with van der Waals surface area (Å²) < 4.78 is 9.05. The number of carbonyl (C=O) groups is 1. The predicted molar refractivity (Wildman–Crippen MR) is 39.6 cm³/mol. The Labute approximate surface area is 74.0 Å². The molecule has 6 heteroatoms. The summed E-state index contributed by atoms with van der Waals surface area (Å²) in [6.45, 7) is -0.612. The molecule has 13 heavy (non-hydrogen) atoms. The predicted octanol–water partition coefficient (Wildman–Crippen LogP) is -1.32. The fourth-order valence-corrected chi connectivity index (χ4v) is 1.00. The fourth-order valence-electron chi connectivity index (χ4n) is 1.00. The van der Waals surface area contributed by atoms with Crippen molar-refractivity contribution in [3.8, 4) is 0 Å². The molecule has 74 valence electrons. The van der Waals surface area contributed by atoms with Crippen molar-refractivity contribution in [1.82, 2.24) is 0 Å². The van der Waals surface area contributed by atoms with Gasteiger partial charge in [0.1, 0.15) is 6.10 Å². The second-order valence-electron chi connectivity index (χ2n) is 2.49. The van der Waals surface area contributed by atoms with E-state index in [0.717, 1.165) is 0 Å². The smallest absolute Gasteiger partial charge is 0.378 e. The summed E-state index contributed by atoms with van der Waals surface area (Å²) in [7, 11) is 1.19. The summed E-state index contributed by atoms with van der Waals surface area (Å²) >= 11 is 0. The van der Waals surface area contributed by atoms with Crippen LogP contribution in [-0.2, 0) is 14.3 Å². The van der Waals surface area contributed by atoms with Crippen molar-refractivity contribution in [2.45, 2.75) is 12.2 Å². The van der Waals surface area contributed by atoms with Gasteiger partial charge in [-0.25, -0.2) is 4.79 Å².